The number of nitrogens with zero attached hydrogens (tertiary/aromatic N) is 1. The number of hydrogen-bond donors (Lipinski definition) is 2. The molecule has 0 saturated heterocycles. The maximum Gasteiger partial charge on any atom is 0.242 e. The third kappa shape index (κ3) is 3.19. The second-order valence-corrected chi connectivity index (χ2v) is 5.32. The molecule has 21 heavy (non-hydrogen) atoms. The summed E-state index contributed by atoms with van der Waals surface area (Å²) in [6.45, 7) is 8.39. The Morgan fingerprint density at radius 2 is 2.10 bits per heavy atom. The van der Waals surface area contributed by atoms with Crippen LogP contribution in [0.15, 0.2) is 24.3 Å². The molecular formula is C16H25N3O2. The van der Waals surface area contributed by atoms with Crippen molar-refractivity contribution < 1.29 is 9.53 Å². The highest BCUT2D eigenvalue weighted by Crippen LogP contribution is 2.36. The molecular weight excluding hydrogens is 266 g/mol. The molecule has 116 valence electrons. The number of benzene rings is 1. The fourth-order valence-electron chi connectivity index (χ4n) is 2.89. The predicted octanol–water partition coefficient (Wildman–Crippen LogP) is 1.08. The molecule has 5 heteroatoms. The smallest absolute Gasteiger partial charge is 0.242 e. The summed E-state index contributed by atoms with van der Waals surface area (Å²) >= 11 is 0. The van der Waals surface area contributed by atoms with Gasteiger partial charge < -0.3 is 15.4 Å². The Morgan fingerprint density at radius 3 is 2.76 bits per heavy atom. The van der Waals surface area contributed by atoms with Crippen LogP contribution in [0, 0.1) is 0 Å². The van der Waals surface area contributed by atoms with Crippen LogP contribution in [0.25, 0.3) is 0 Å². The van der Waals surface area contributed by atoms with Crippen molar-refractivity contribution in [2.75, 3.05) is 32.8 Å². The lowest BCUT2D eigenvalue weighted by Crippen LogP contribution is -2.56. The van der Waals surface area contributed by atoms with E-state index in [-0.39, 0.29) is 5.91 Å². The third-order valence-corrected chi connectivity index (χ3v) is 4.25. The Bertz CT molecular complexity index is 488. The highest BCUT2D eigenvalue weighted by molar-refractivity contribution is 5.87. The van der Waals surface area contributed by atoms with Crippen molar-refractivity contribution >= 4 is 5.91 Å². The van der Waals surface area contributed by atoms with Crippen LogP contribution in [0.3, 0.4) is 0 Å². The van der Waals surface area contributed by atoms with Gasteiger partial charge in [-0.1, -0.05) is 32.0 Å². The quantitative estimate of drug-likeness (QED) is 0.789. The topological polar surface area (TPSA) is 67.6 Å². The van der Waals surface area contributed by atoms with Crippen LogP contribution in [0.2, 0.25) is 0 Å². The van der Waals surface area contributed by atoms with Gasteiger partial charge in [0.25, 0.3) is 0 Å². The van der Waals surface area contributed by atoms with Gasteiger partial charge in [-0.25, -0.2) is 0 Å². The molecule has 1 aliphatic rings. The Kier molecular flexibility index (Phi) is 5.20. The fourth-order valence-corrected chi connectivity index (χ4v) is 2.89. The van der Waals surface area contributed by atoms with Gasteiger partial charge in [-0.3, -0.25) is 10.1 Å². The van der Waals surface area contributed by atoms with Crippen LogP contribution in [0.4, 0.5) is 0 Å². The summed E-state index contributed by atoms with van der Waals surface area (Å²) in [5.74, 6) is 0.413. The van der Waals surface area contributed by atoms with Crippen molar-refractivity contribution in [1.82, 2.24) is 10.2 Å². The average Bonchev–Trinajstić information content (AvgIpc) is 2.51. The molecule has 1 unspecified atom stereocenters. The molecule has 0 fully saturated rings. The number of fused-ring (bicyclic) bond motifs is 1. The van der Waals surface area contributed by atoms with Gasteiger partial charge in [0, 0.05) is 25.1 Å². The minimum absolute atomic E-state index is 0.335. The van der Waals surface area contributed by atoms with Crippen LogP contribution in [-0.2, 0) is 10.3 Å². The second kappa shape index (κ2) is 6.91. The van der Waals surface area contributed by atoms with Gasteiger partial charge in [-0.2, -0.15) is 0 Å². The summed E-state index contributed by atoms with van der Waals surface area (Å²) in [6.07, 6.45) is 0.567. The highest BCUT2D eigenvalue weighted by atomic mass is 16.5. The molecule has 1 heterocycles. The van der Waals surface area contributed by atoms with Gasteiger partial charge >= 0.3 is 0 Å². The zero-order valence-corrected chi connectivity index (χ0v) is 12.9. The maximum absolute atomic E-state index is 12.1. The summed E-state index contributed by atoms with van der Waals surface area (Å²) in [6, 6.07) is 7.63. The van der Waals surface area contributed by atoms with E-state index in [1.54, 1.807) is 0 Å². The van der Waals surface area contributed by atoms with Crippen molar-refractivity contribution in [3.05, 3.63) is 29.8 Å². The first-order valence-corrected chi connectivity index (χ1v) is 7.63. The van der Waals surface area contributed by atoms with Crippen LogP contribution >= 0.6 is 0 Å². The first-order chi connectivity index (χ1) is 10.1. The number of para-hydroxylation sites is 1. The number of primary amides is 1. The van der Waals surface area contributed by atoms with Crippen molar-refractivity contribution in [1.29, 1.82) is 0 Å². The Balaban J connectivity index is 2.17. The third-order valence-electron chi connectivity index (χ3n) is 4.25. The molecule has 5 nitrogen and oxygen atoms in total. The Labute approximate surface area is 126 Å². The fraction of sp³-hybridized carbons (Fsp3) is 0.562. The van der Waals surface area contributed by atoms with E-state index >= 15 is 0 Å². The summed E-state index contributed by atoms with van der Waals surface area (Å²) in [5.41, 5.74) is 5.76. The molecule has 1 aliphatic heterocycles. The minimum atomic E-state index is -0.817. The van der Waals surface area contributed by atoms with Crippen LogP contribution in [-0.4, -0.2) is 43.6 Å². The lowest BCUT2D eigenvalue weighted by atomic mass is 9.83. The molecule has 1 aromatic rings. The van der Waals surface area contributed by atoms with Crippen molar-refractivity contribution in [2.45, 2.75) is 25.8 Å². The number of hydrogen-bond acceptors (Lipinski definition) is 4. The molecule has 0 spiro atoms. The molecule has 0 saturated carbocycles. The Morgan fingerprint density at radius 1 is 1.38 bits per heavy atom. The van der Waals surface area contributed by atoms with Gasteiger partial charge in [0.15, 0.2) is 0 Å². The summed E-state index contributed by atoms with van der Waals surface area (Å²) in [4.78, 5) is 14.5. The molecule has 0 aromatic heterocycles. The van der Waals surface area contributed by atoms with Gasteiger partial charge in [0.2, 0.25) is 5.91 Å². The zero-order valence-electron chi connectivity index (χ0n) is 12.9. The largest absolute Gasteiger partial charge is 0.493 e. The van der Waals surface area contributed by atoms with E-state index in [9.17, 15) is 4.79 Å². The number of carbonyl (C=O) groups excluding carboxylic acids is 1. The van der Waals surface area contributed by atoms with Gasteiger partial charge in [-0.15, -0.1) is 0 Å². The summed E-state index contributed by atoms with van der Waals surface area (Å²) in [5, 5.41) is 3.39. The van der Waals surface area contributed by atoms with Crippen molar-refractivity contribution in [3.63, 3.8) is 0 Å². The highest BCUT2D eigenvalue weighted by Gasteiger charge is 2.42. The monoisotopic (exact) mass is 291 g/mol. The molecule has 0 radical (unpaired) electrons. The zero-order chi connectivity index (χ0) is 15.3. The number of amides is 1. The van der Waals surface area contributed by atoms with Crippen LogP contribution in [0.5, 0.6) is 5.75 Å². The number of likely N-dealkylation sites (N-methyl/N-ethyl adjacent to an activating group) is 1. The summed E-state index contributed by atoms with van der Waals surface area (Å²) in [7, 11) is 0. The normalized spacial score (nSPS) is 20.9. The van der Waals surface area contributed by atoms with Crippen molar-refractivity contribution in [3.8, 4) is 5.75 Å². The molecule has 1 atom stereocenters. The van der Waals surface area contributed by atoms with E-state index in [1.807, 2.05) is 24.3 Å². The predicted molar refractivity (Wildman–Crippen MR) is 83.2 cm³/mol. The second-order valence-electron chi connectivity index (χ2n) is 5.32. The Hall–Kier alpha value is -1.59. The van der Waals surface area contributed by atoms with Gasteiger partial charge in [0.1, 0.15) is 11.3 Å². The molecule has 3 N–H and O–H groups in total. The van der Waals surface area contributed by atoms with Gasteiger partial charge in [0.05, 0.1) is 6.61 Å². The van der Waals surface area contributed by atoms with Crippen molar-refractivity contribution in [2.24, 2.45) is 5.73 Å². The minimum Gasteiger partial charge on any atom is -0.493 e. The van der Waals surface area contributed by atoms with Gasteiger partial charge in [-0.05, 0) is 19.2 Å². The molecule has 2 rings (SSSR count). The number of carbonyl (C=O) groups is 1. The SMILES string of the molecule is CCN(CC)CCNC1(C(N)=O)CCOc2ccccc21. The van der Waals surface area contributed by atoms with E-state index in [0.29, 0.717) is 13.0 Å². The van der Waals surface area contributed by atoms with E-state index in [1.165, 1.54) is 0 Å². The maximum atomic E-state index is 12.1. The first kappa shape index (κ1) is 15.8. The number of ether oxygens (including phenoxy) is 1. The summed E-state index contributed by atoms with van der Waals surface area (Å²) < 4.78 is 5.64. The van der Waals surface area contributed by atoms with Crippen LogP contribution in [0.1, 0.15) is 25.8 Å². The number of rotatable bonds is 7. The van der Waals surface area contributed by atoms with E-state index < -0.39 is 5.54 Å². The lowest BCUT2D eigenvalue weighted by molar-refractivity contribution is -0.126. The van der Waals surface area contributed by atoms with Crippen LogP contribution < -0.4 is 15.8 Å². The molecule has 0 bridgehead atoms. The molecule has 1 aromatic carbocycles. The lowest BCUT2D eigenvalue weighted by Gasteiger charge is -2.37. The van der Waals surface area contributed by atoms with E-state index in [2.05, 4.69) is 24.1 Å². The molecule has 1 amide bonds. The number of nitrogens with one attached hydrogen (secondary N) is 1. The average molecular weight is 291 g/mol. The standard InChI is InChI=1S/C16H25N3O2/c1-3-19(4-2)11-10-18-16(15(17)20)9-12-21-14-8-6-5-7-13(14)16/h5-8,18H,3-4,9-12H2,1-2H3,(H2,17,20). The van der Waals surface area contributed by atoms with E-state index in [4.69, 9.17) is 10.5 Å². The molecule has 0 aliphatic carbocycles. The first-order valence-electron chi connectivity index (χ1n) is 7.63. The number of nitrogens with two attached hydrogens (primary N) is 1. The van der Waals surface area contributed by atoms with E-state index in [0.717, 1.165) is 37.5 Å².